The maximum absolute atomic E-state index is 12.1. The Kier molecular flexibility index (Phi) is 6.24. The van der Waals surface area contributed by atoms with Crippen LogP contribution in [0.4, 0.5) is 5.69 Å². The molecule has 0 aliphatic heterocycles. The van der Waals surface area contributed by atoms with E-state index in [1.165, 1.54) is 0 Å². The van der Waals surface area contributed by atoms with Crippen LogP contribution in [0.5, 0.6) is 5.75 Å². The zero-order valence-electron chi connectivity index (χ0n) is 13.5. The number of carbonyl (C=O) groups is 1. The molecule has 1 amide bonds. The number of ether oxygens (including phenoxy) is 1. The van der Waals surface area contributed by atoms with Crippen molar-refractivity contribution in [3.63, 3.8) is 0 Å². The Bertz CT molecular complexity index is 973. The third-order valence-corrected chi connectivity index (χ3v) is 4.86. The summed E-state index contributed by atoms with van der Waals surface area (Å²) < 4.78 is 7.19. The van der Waals surface area contributed by atoms with Gasteiger partial charge in [0.05, 0.1) is 4.47 Å². The number of halogens is 2. The fraction of sp³-hybridized carbons (Fsp3) is 0.0526. The van der Waals surface area contributed by atoms with E-state index in [0.29, 0.717) is 5.75 Å². The summed E-state index contributed by atoms with van der Waals surface area (Å²) in [5.41, 5.74) is 0.838. The Labute approximate surface area is 173 Å². The van der Waals surface area contributed by atoms with Gasteiger partial charge < -0.3 is 10.1 Å². The van der Waals surface area contributed by atoms with Crippen LogP contribution in [0.2, 0.25) is 0 Å². The first-order chi connectivity index (χ1) is 12.5. The first-order valence-electron chi connectivity index (χ1n) is 7.69. The highest BCUT2D eigenvalue weighted by atomic mass is 79.9. The van der Waals surface area contributed by atoms with Crippen molar-refractivity contribution >= 4 is 71.6 Å². The number of anilines is 1. The summed E-state index contributed by atoms with van der Waals surface area (Å²) in [6.07, 6.45) is 0. The molecule has 0 saturated heterocycles. The zero-order chi connectivity index (χ0) is 18.5. The molecule has 0 atom stereocenters. The molecule has 3 aromatic rings. The minimum atomic E-state index is -0.336. The van der Waals surface area contributed by atoms with Crippen LogP contribution in [0.25, 0.3) is 10.8 Å². The summed E-state index contributed by atoms with van der Waals surface area (Å²) in [5, 5.41) is 8.04. The molecule has 7 heteroatoms. The van der Waals surface area contributed by atoms with Gasteiger partial charge in [-0.05, 0) is 57.8 Å². The van der Waals surface area contributed by atoms with Crippen LogP contribution in [0.15, 0.2) is 69.6 Å². The molecule has 2 N–H and O–H groups in total. The molecule has 4 nitrogen and oxygen atoms in total. The van der Waals surface area contributed by atoms with Crippen molar-refractivity contribution in [2.45, 2.75) is 0 Å². The average Bonchev–Trinajstić information content (AvgIpc) is 2.61. The summed E-state index contributed by atoms with van der Waals surface area (Å²) >= 11 is 12.0. The molecule has 0 aliphatic rings. The van der Waals surface area contributed by atoms with E-state index >= 15 is 0 Å². The fourth-order valence-electron chi connectivity index (χ4n) is 2.39. The normalized spacial score (nSPS) is 10.4. The summed E-state index contributed by atoms with van der Waals surface area (Å²) in [7, 11) is 0. The second kappa shape index (κ2) is 8.62. The molecule has 3 aromatic carbocycles. The van der Waals surface area contributed by atoms with Gasteiger partial charge in [-0.15, -0.1) is 0 Å². The van der Waals surface area contributed by atoms with Crippen molar-refractivity contribution in [1.29, 1.82) is 0 Å². The van der Waals surface area contributed by atoms with Gasteiger partial charge in [0.15, 0.2) is 11.7 Å². The number of amides is 1. The van der Waals surface area contributed by atoms with Gasteiger partial charge in [-0.1, -0.05) is 52.3 Å². The van der Waals surface area contributed by atoms with E-state index in [2.05, 4.69) is 42.5 Å². The molecule has 0 aliphatic carbocycles. The van der Waals surface area contributed by atoms with Crippen LogP contribution in [0, 0.1) is 0 Å². The highest BCUT2D eigenvalue weighted by Crippen LogP contribution is 2.28. The number of nitrogens with one attached hydrogen (secondary N) is 2. The average molecular weight is 494 g/mol. The minimum Gasteiger partial charge on any atom is -0.483 e. The Morgan fingerprint density at radius 2 is 1.81 bits per heavy atom. The van der Waals surface area contributed by atoms with E-state index in [0.717, 1.165) is 25.4 Å². The van der Waals surface area contributed by atoms with Gasteiger partial charge in [-0.3, -0.25) is 10.1 Å². The molecule has 0 unspecified atom stereocenters. The summed E-state index contributed by atoms with van der Waals surface area (Å²) in [6, 6.07) is 19.3. The third kappa shape index (κ3) is 4.81. The quantitative estimate of drug-likeness (QED) is 0.487. The third-order valence-electron chi connectivity index (χ3n) is 3.54. The summed E-state index contributed by atoms with van der Waals surface area (Å²) in [6.45, 7) is -0.141. The lowest BCUT2D eigenvalue weighted by Gasteiger charge is -2.12. The maximum atomic E-state index is 12.1. The van der Waals surface area contributed by atoms with Crippen molar-refractivity contribution in [3.05, 3.63) is 69.6 Å². The number of carbonyl (C=O) groups excluding carboxylic acids is 1. The molecule has 0 fully saturated rings. The number of benzene rings is 3. The van der Waals surface area contributed by atoms with Crippen molar-refractivity contribution in [2.24, 2.45) is 0 Å². The van der Waals surface area contributed by atoms with Crippen LogP contribution in [-0.2, 0) is 4.79 Å². The van der Waals surface area contributed by atoms with E-state index in [9.17, 15) is 4.79 Å². The zero-order valence-corrected chi connectivity index (χ0v) is 17.4. The van der Waals surface area contributed by atoms with Crippen LogP contribution < -0.4 is 15.4 Å². The van der Waals surface area contributed by atoms with Crippen molar-refractivity contribution in [3.8, 4) is 5.75 Å². The smallest absolute Gasteiger partial charge is 0.264 e. The van der Waals surface area contributed by atoms with Crippen molar-refractivity contribution in [1.82, 2.24) is 5.32 Å². The number of fused-ring (bicyclic) bond motifs is 1. The number of thiocarbonyl (C=S) groups is 1. The van der Waals surface area contributed by atoms with Gasteiger partial charge in [0.1, 0.15) is 5.75 Å². The van der Waals surface area contributed by atoms with E-state index < -0.39 is 0 Å². The second-order valence-corrected chi connectivity index (χ2v) is 7.57. The van der Waals surface area contributed by atoms with Gasteiger partial charge in [0, 0.05) is 15.5 Å². The molecule has 3 rings (SSSR count). The summed E-state index contributed by atoms with van der Waals surface area (Å²) in [4.78, 5) is 12.1. The molecular weight excluding hydrogens is 480 g/mol. The molecule has 0 saturated carbocycles. The topological polar surface area (TPSA) is 50.4 Å². The standard InChI is InChI=1S/C19H14Br2N2O2S/c20-13-8-9-17(15(21)10-13)25-11-18(24)23-19(26)22-16-7-3-5-12-4-1-2-6-14(12)16/h1-10H,11H2,(H2,22,23,24,26). The first-order valence-corrected chi connectivity index (χ1v) is 9.69. The predicted octanol–water partition coefficient (Wildman–Crippen LogP) is 5.26. The maximum Gasteiger partial charge on any atom is 0.264 e. The lowest BCUT2D eigenvalue weighted by molar-refractivity contribution is -0.121. The van der Waals surface area contributed by atoms with Crippen molar-refractivity contribution < 1.29 is 9.53 Å². The molecule has 26 heavy (non-hydrogen) atoms. The van der Waals surface area contributed by atoms with Crippen LogP contribution >= 0.6 is 44.1 Å². The van der Waals surface area contributed by atoms with Crippen LogP contribution in [0.3, 0.4) is 0 Å². The number of hydrogen-bond acceptors (Lipinski definition) is 3. The van der Waals surface area contributed by atoms with Gasteiger partial charge in [0.25, 0.3) is 5.91 Å². The Hall–Kier alpha value is -1.96. The second-order valence-electron chi connectivity index (χ2n) is 5.39. The molecular formula is C19H14Br2N2O2S. The number of hydrogen-bond donors (Lipinski definition) is 2. The van der Waals surface area contributed by atoms with Gasteiger partial charge in [0.2, 0.25) is 0 Å². The molecule has 0 aromatic heterocycles. The largest absolute Gasteiger partial charge is 0.483 e. The summed E-state index contributed by atoms with van der Waals surface area (Å²) in [5.74, 6) is 0.244. The van der Waals surface area contributed by atoms with Crippen LogP contribution in [0.1, 0.15) is 0 Å². The van der Waals surface area contributed by atoms with Crippen molar-refractivity contribution in [2.75, 3.05) is 11.9 Å². The molecule has 0 spiro atoms. The van der Waals surface area contributed by atoms with E-state index in [1.807, 2.05) is 54.6 Å². The van der Waals surface area contributed by atoms with Gasteiger partial charge in [-0.2, -0.15) is 0 Å². The Morgan fingerprint density at radius 1 is 1.04 bits per heavy atom. The fourth-order valence-corrected chi connectivity index (χ4v) is 3.77. The van der Waals surface area contributed by atoms with Gasteiger partial charge >= 0.3 is 0 Å². The highest BCUT2D eigenvalue weighted by Gasteiger charge is 2.09. The molecule has 0 heterocycles. The van der Waals surface area contributed by atoms with Crippen LogP contribution in [-0.4, -0.2) is 17.6 Å². The minimum absolute atomic E-state index is 0.141. The molecule has 132 valence electrons. The van der Waals surface area contributed by atoms with E-state index in [4.69, 9.17) is 17.0 Å². The monoisotopic (exact) mass is 492 g/mol. The predicted molar refractivity (Wildman–Crippen MR) is 116 cm³/mol. The van der Waals surface area contributed by atoms with E-state index in [1.54, 1.807) is 6.07 Å². The van der Waals surface area contributed by atoms with E-state index in [-0.39, 0.29) is 17.6 Å². The van der Waals surface area contributed by atoms with Gasteiger partial charge in [-0.25, -0.2) is 0 Å². The Morgan fingerprint density at radius 3 is 2.62 bits per heavy atom. The highest BCUT2D eigenvalue weighted by molar-refractivity contribution is 9.11. The lowest BCUT2D eigenvalue weighted by Crippen LogP contribution is -2.37. The molecule has 0 bridgehead atoms. The molecule has 0 radical (unpaired) electrons. The first kappa shape index (κ1) is 18.8. The number of rotatable bonds is 4. The Balaban J connectivity index is 1.58. The lowest BCUT2D eigenvalue weighted by atomic mass is 10.1. The SMILES string of the molecule is O=C(COc1ccc(Br)cc1Br)NC(=S)Nc1cccc2ccccc12.